The van der Waals surface area contributed by atoms with Gasteiger partial charge in [-0.15, -0.1) is 0 Å². The third-order valence-electron chi connectivity index (χ3n) is 1.97. The number of aromatic nitrogens is 2. The molecule has 2 N–H and O–H groups in total. The molecule has 6 nitrogen and oxygen atoms in total. The molecule has 0 spiro atoms. The standard InChI is InChI=1S/C12H21N3O3/c1-12(2,3)18-11(16)13-7-4-5-9-17-10-6-8-14-15-10/h6,8H,4-5,7,9H2,1-3H3,(H,13,16)(H,14,15). The molecule has 0 radical (unpaired) electrons. The van der Waals surface area contributed by atoms with Crippen molar-refractivity contribution < 1.29 is 14.3 Å². The molecule has 1 heterocycles. The van der Waals surface area contributed by atoms with Crippen molar-refractivity contribution in [2.24, 2.45) is 0 Å². The third kappa shape index (κ3) is 6.78. The van der Waals surface area contributed by atoms with E-state index in [2.05, 4.69) is 15.5 Å². The van der Waals surface area contributed by atoms with Gasteiger partial charge in [0.15, 0.2) is 0 Å². The summed E-state index contributed by atoms with van der Waals surface area (Å²) in [5.74, 6) is 0.662. The third-order valence-corrected chi connectivity index (χ3v) is 1.97. The first-order valence-corrected chi connectivity index (χ1v) is 6.06. The number of nitrogens with one attached hydrogen (secondary N) is 2. The van der Waals surface area contributed by atoms with Crippen molar-refractivity contribution in [3.8, 4) is 5.88 Å². The van der Waals surface area contributed by atoms with E-state index in [-0.39, 0.29) is 6.09 Å². The van der Waals surface area contributed by atoms with E-state index < -0.39 is 5.60 Å². The van der Waals surface area contributed by atoms with E-state index >= 15 is 0 Å². The lowest BCUT2D eigenvalue weighted by molar-refractivity contribution is 0.0526. The maximum atomic E-state index is 11.3. The molecule has 6 heteroatoms. The summed E-state index contributed by atoms with van der Waals surface area (Å²) < 4.78 is 10.5. The molecule has 0 aliphatic rings. The molecule has 0 atom stereocenters. The summed E-state index contributed by atoms with van der Waals surface area (Å²) in [5.41, 5.74) is -0.451. The summed E-state index contributed by atoms with van der Waals surface area (Å²) in [6.07, 6.45) is 2.96. The molecule has 1 aromatic heterocycles. The van der Waals surface area contributed by atoms with Gasteiger partial charge in [-0.05, 0) is 33.6 Å². The molecule has 0 bridgehead atoms. The summed E-state index contributed by atoms with van der Waals surface area (Å²) in [6, 6.07) is 1.76. The monoisotopic (exact) mass is 255 g/mol. The Bertz CT molecular complexity index is 344. The minimum absolute atomic E-state index is 0.378. The number of hydrogen-bond acceptors (Lipinski definition) is 4. The molecule has 18 heavy (non-hydrogen) atoms. The average molecular weight is 255 g/mol. The van der Waals surface area contributed by atoms with Crippen molar-refractivity contribution in [2.75, 3.05) is 13.2 Å². The Hall–Kier alpha value is -1.72. The van der Waals surface area contributed by atoms with Crippen LogP contribution in [0, 0.1) is 0 Å². The van der Waals surface area contributed by atoms with Crippen LogP contribution in [0.15, 0.2) is 12.3 Å². The predicted molar refractivity (Wildman–Crippen MR) is 67.6 cm³/mol. The van der Waals surface area contributed by atoms with Crippen LogP contribution in [0.1, 0.15) is 33.6 Å². The second-order valence-corrected chi connectivity index (χ2v) is 4.91. The number of H-pyrrole nitrogens is 1. The maximum absolute atomic E-state index is 11.3. The van der Waals surface area contributed by atoms with Crippen LogP contribution < -0.4 is 10.1 Å². The molecule has 1 rings (SSSR count). The van der Waals surface area contributed by atoms with Crippen LogP contribution in [-0.4, -0.2) is 35.0 Å². The SMILES string of the molecule is CC(C)(C)OC(=O)NCCCCOc1ccn[nH]1. The van der Waals surface area contributed by atoms with Gasteiger partial charge in [0.1, 0.15) is 5.60 Å². The van der Waals surface area contributed by atoms with Crippen LogP contribution in [0.3, 0.4) is 0 Å². The fourth-order valence-electron chi connectivity index (χ4n) is 1.24. The summed E-state index contributed by atoms with van der Waals surface area (Å²) in [4.78, 5) is 11.3. The van der Waals surface area contributed by atoms with Gasteiger partial charge in [-0.2, -0.15) is 5.10 Å². The summed E-state index contributed by atoms with van der Waals surface area (Å²) in [6.45, 7) is 6.69. The number of nitrogens with zero attached hydrogens (tertiary/aromatic N) is 1. The van der Waals surface area contributed by atoms with Crippen LogP contribution in [0.4, 0.5) is 4.79 Å². The van der Waals surface area contributed by atoms with Gasteiger partial charge in [0.2, 0.25) is 5.88 Å². The molecular formula is C12H21N3O3. The molecular weight excluding hydrogens is 234 g/mol. The van der Waals surface area contributed by atoms with Gasteiger partial charge in [0, 0.05) is 12.6 Å². The number of amides is 1. The first kappa shape index (κ1) is 14.3. The van der Waals surface area contributed by atoms with Gasteiger partial charge < -0.3 is 14.8 Å². The lowest BCUT2D eigenvalue weighted by Gasteiger charge is -2.19. The lowest BCUT2D eigenvalue weighted by atomic mass is 10.2. The first-order chi connectivity index (χ1) is 8.47. The number of aromatic amines is 1. The highest BCUT2D eigenvalue weighted by molar-refractivity contribution is 5.67. The number of carbonyl (C=O) groups is 1. The lowest BCUT2D eigenvalue weighted by Crippen LogP contribution is -2.33. The fourth-order valence-corrected chi connectivity index (χ4v) is 1.24. The molecule has 1 amide bonds. The second kappa shape index (κ2) is 6.88. The van der Waals surface area contributed by atoms with E-state index in [9.17, 15) is 4.79 Å². The van der Waals surface area contributed by atoms with Gasteiger partial charge in [-0.3, -0.25) is 0 Å². The molecule has 0 aliphatic carbocycles. The van der Waals surface area contributed by atoms with Gasteiger partial charge in [-0.25, -0.2) is 9.89 Å². The van der Waals surface area contributed by atoms with Crippen LogP contribution in [0.2, 0.25) is 0 Å². The van der Waals surface area contributed by atoms with Crippen molar-refractivity contribution in [3.05, 3.63) is 12.3 Å². The second-order valence-electron chi connectivity index (χ2n) is 4.91. The van der Waals surface area contributed by atoms with Gasteiger partial charge in [-0.1, -0.05) is 0 Å². The Balaban J connectivity index is 1.97. The van der Waals surface area contributed by atoms with Crippen LogP contribution in [-0.2, 0) is 4.74 Å². The summed E-state index contributed by atoms with van der Waals surface area (Å²) in [5, 5.41) is 9.18. The van der Waals surface area contributed by atoms with E-state index in [4.69, 9.17) is 9.47 Å². The molecule has 0 fully saturated rings. The van der Waals surface area contributed by atoms with Gasteiger partial charge in [0.05, 0.1) is 12.8 Å². The van der Waals surface area contributed by atoms with E-state index in [1.165, 1.54) is 0 Å². The van der Waals surface area contributed by atoms with Crippen molar-refractivity contribution in [2.45, 2.75) is 39.2 Å². The van der Waals surface area contributed by atoms with Crippen molar-refractivity contribution in [1.82, 2.24) is 15.5 Å². The Kier molecular flexibility index (Phi) is 5.48. The van der Waals surface area contributed by atoms with Crippen molar-refractivity contribution in [3.63, 3.8) is 0 Å². The Morgan fingerprint density at radius 2 is 2.22 bits per heavy atom. The molecule has 0 saturated heterocycles. The predicted octanol–water partition coefficient (Wildman–Crippen LogP) is 2.09. The molecule has 0 saturated carbocycles. The normalized spacial score (nSPS) is 11.1. The van der Waals surface area contributed by atoms with Gasteiger partial charge >= 0.3 is 6.09 Å². The Morgan fingerprint density at radius 3 is 2.83 bits per heavy atom. The van der Waals surface area contributed by atoms with Crippen LogP contribution in [0.5, 0.6) is 5.88 Å². The quantitative estimate of drug-likeness (QED) is 0.763. The highest BCUT2D eigenvalue weighted by atomic mass is 16.6. The zero-order valence-electron chi connectivity index (χ0n) is 11.2. The zero-order valence-corrected chi connectivity index (χ0v) is 11.2. The number of rotatable bonds is 6. The molecule has 1 aromatic rings. The topological polar surface area (TPSA) is 76.2 Å². The number of carbonyl (C=O) groups excluding carboxylic acids is 1. The molecule has 0 unspecified atom stereocenters. The number of ether oxygens (including phenoxy) is 2. The van der Waals surface area contributed by atoms with E-state index in [0.29, 0.717) is 19.0 Å². The van der Waals surface area contributed by atoms with Crippen molar-refractivity contribution in [1.29, 1.82) is 0 Å². The van der Waals surface area contributed by atoms with Gasteiger partial charge in [0.25, 0.3) is 0 Å². The highest BCUT2D eigenvalue weighted by Crippen LogP contribution is 2.06. The molecule has 0 aromatic carbocycles. The number of alkyl carbamates (subject to hydrolysis) is 1. The smallest absolute Gasteiger partial charge is 0.407 e. The summed E-state index contributed by atoms with van der Waals surface area (Å²) in [7, 11) is 0. The zero-order chi connectivity index (χ0) is 13.4. The molecule has 0 aliphatic heterocycles. The number of hydrogen-bond donors (Lipinski definition) is 2. The summed E-state index contributed by atoms with van der Waals surface area (Å²) >= 11 is 0. The van der Waals surface area contributed by atoms with Crippen LogP contribution in [0.25, 0.3) is 0 Å². The Morgan fingerprint density at radius 1 is 1.44 bits per heavy atom. The molecule has 102 valence electrons. The van der Waals surface area contributed by atoms with Crippen LogP contribution >= 0.6 is 0 Å². The minimum atomic E-state index is -0.451. The highest BCUT2D eigenvalue weighted by Gasteiger charge is 2.15. The number of unbranched alkanes of at least 4 members (excludes halogenated alkanes) is 1. The largest absolute Gasteiger partial charge is 0.478 e. The van der Waals surface area contributed by atoms with Crippen molar-refractivity contribution >= 4 is 6.09 Å². The average Bonchev–Trinajstić information content (AvgIpc) is 2.73. The fraction of sp³-hybridized carbons (Fsp3) is 0.667. The first-order valence-electron chi connectivity index (χ1n) is 6.06. The maximum Gasteiger partial charge on any atom is 0.407 e. The Labute approximate surface area is 107 Å². The van der Waals surface area contributed by atoms with E-state index in [1.807, 2.05) is 20.8 Å². The minimum Gasteiger partial charge on any atom is -0.478 e. The van der Waals surface area contributed by atoms with E-state index in [0.717, 1.165) is 12.8 Å². The van der Waals surface area contributed by atoms with E-state index in [1.54, 1.807) is 12.3 Å².